The number of carboxylic acid groups (broad SMARTS) is 1. The monoisotopic (exact) mass is 227 g/mol. The molecule has 0 aromatic rings. The number of rotatable bonds is 1. The highest BCUT2D eigenvalue weighted by Gasteiger charge is 2.29. The average molecular weight is 227 g/mol. The second-order valence-corrected chi connectivity index (χ2v) is 4.75. The summed E-state index contributed by atoms with van der Waals surface area (Å²) in [6.07, 6.45) is 1.95. The fourth-order valence-electron chi connectivity index (χ4n) is 2.27. The topological polar surface area (TPSA) is 81.3 Å². The summed E-state index contributed by atoms with van der Waals surface area (Å²) in [5.41, 5.74) is 0. The van der Waals surface area contributed by atoms with Gasteiger partial charge in [0.25, 0.3) is 0 Å². The molecule has 2 atom stereocenters. The lowest BCUT2D eigenvalue weighted by molar-refractivity contribution is -0.135. The molecule has 1 saturated carbocycles. The van der Waals surface area contributed by atoms with Crippen molar-refractivity contribution < 1.29 is 15.0 Å². The molecule has 0 amide bonds. The Bertz CT molecular complexity index is 247. The van der Waals surface area contributed by atoms with Crippen LogP contribution < -0.4 is 0 Å². The predicted molar refractivity (Wildman–Crippen MR) is 60.6 cm³/mol. The van der Waals surface area contributed by atoms with Crippen LogP contribution in [-0.4, -0.2) is 22.3 Å². The van der Waals surface area contributed by atoms with Gasteiger partial charge in [0.2, 0.25) is 0 Å². The molecular formula is C12H21NO3. The zero-order valence-electron chi connectivity index (χ0n) is 10.2. The molecule has 2 unspecified atom stereocenters. The van der Waals surface area contributed by atoms with Crippen LogP contribution in [0, 0.1) is 29.1 Å². The van der Waals surface area contributed by atoms with E-state index in [0.717, 1.165) is 5.92 Å². The quantitative estimate of drug-likeness (QED) is 0.718. The smallest absolute Gasteiger partial charge is 0.317 e. The van der Waals surface area contributed by atoms with Crippen molar-refractivity contribution in [3.63, 3.8) is 0 Å². The Balaban J connectivity index is 0.000000325. The van der Waals surface area contributed by atoms with E-state index in [1.54, 1.807) is 0 Å². The van der Waals surface area contributed by atoms with E-state index in [1.165, 1.54) is 18.9 Å². The summed E-state index contributed by atoms with van der Waals surface area (Å²) >= 11 is 0. The van der Waals surface area contributed by atoms with Crippen LogP contribution in [0.2, 0.25) is 0 Å². The van der Waals surface area contributed by atoms with Crippen LogP contribution in [0.15, 0.2) is 0 Å². The number of hydrogen-bond donors (Lipinski definition) is 2. The van der Waals surface area contributed by atoms with Gasteiger partial charge in [-0.3, -0.25) is 4.79 Å². The third kappa shape index (κ3) is 5.72. The standard InChI is InChI=1S/C9H18O.C3H3NO2/c1-6-4-7(2)9(10)8(3)5-6;4-2-1-3(5)6/h6-10H,4-5H2,1-3H3;1H2,(H,5,6). The van der Waals surface area contributed by atoms with Crippen molar-refractivity contribution in [3.8, 4) is 6.07 Å². The van der Waals surface area contributed by atoms with Crippen LogP contribution >= 0.6 is 0 Å². The van der Waals surface area contributed by atoms with Gasteiger partial charge in [0.05, 0.1) is 12.2 Å². The van der Waals surface area contributed by atoms with E-state index in [-0.39, 0.29) is 6.10 Å². The molecule has 92 valence electrons. The van der Waals surface area contributed by atoms with Crippen molar-refractivity contribution in [2.24, 2.45) is 17.8 Å². The maximum atomic E-state index is 9.56. The molecule has 1 aliphatic carbocycles. The molecule has 4 nitrogen and oxygen atoms in total. The minimum atomic E-state index is -1.07. The number of carboxylic acids is 1. The average Bonchev–Trinajstić information content (AvgIpc) is 2.14. The van der Waals surface area contributed by atoms with Crippen molar-refractivity contribution in [3.05, 3.63) is 0 Å². The predicted octanol–water partition coefficient (Wildman–Crippen LogP) is 2.03. The number of nitrogens with zero attached hydrogens (tertiary/aromatic N) is 1. The minimum Gasteiger partial charge on any atom is -0.480 e. The van der Waals surface area contributed by atoms with E-state index < -0.39 is 12.4 Å². The van der Waals surface area contributed by atoms with Crippen molar-refractivity contribution in [2.45, 2.75) is 46.1 Å². The summed E-state index contributed by atoms with van der Waals surface area (Å²) in [5, 5.41) is 24.9. The van der Waals surface area contributed by atoms with Crippen LogP contribution in [-0.2, 0) is 4.79 Å². The lowest BCUT2D eigenvalue weighted by Gasteiger charge is -2.34. The van der Waals surface area contributed by atoms with E-state index in [1.807, 2.05) is 0 Å². The van der Waals surface area contributed by atoms with E-state index in [0.29, 0.717) is 11.8 Å². The maximum absolute atomic E-state index is 9.56. The first-order valence-corrected chi connectivity index (χ1v) is 5.65. The molecule has 0 aliphatic heterocycles. The second kappa shape index (κ2) is 7.24. The number of nitriles is 1. The van der Waals surface area contributed by atoms with Gasteiger partial charge in [-0.2, -0.15) is 5.26 Å². The molecule has 2 N–H and O–H groups in total. The SMILES string of the molecule is CC1CC(C)C(O)C(C)C1.N#CCC(=O)O. The highest BCUT2D eigenvalue weighted by molar-refractivity contribution is 5.69. The highest BCUT2D eigenvalue weighted by Crippen LogP contribution is 2.32. The maximum Gasteiger partial charge on any atom is 0.317 e. The lowest BCUT2D eigenvalue weighted by Crippen LogP contribution is -2.33. The molecule has 0 spiro atoms. The number of hydrogen-bond acceptors (Lipinski definition) is 3. The van der Waals surface area contributed by atoms with E-state index in [2.05, 4.69) is 20.8 Å². The summed E-state index contributed by atoms with van der Waals surface area (Å²) in [6, 6.07) is 1.47. The molecule has 0 heterocycles. The Morgan fingerprint density at radius 3 is 2.00 bits per heavy atom. The molecule has 1 fully saturated rings. The number of aliphatic hydroxyl groups is 1. The number of aliphatic carboxylic acids is 1. The van der Waals surface area contributed by atoms with E-state index in [9.17, 15) is 9.90 Å². The van der Waals surface area contributed by atoms with Crippen molar-refractivity contribution >= 4 is 5.97 Å². The molecule has 0 bridgehead atoms. The largest absolute Gasteiger partial charge is 0.480 e. The molecule has 16 heavy (non-hydrogen) atoms. The van der Waals surface area contributed by atoms with Gasteiger partial charge in [0.1, 0.15) is 6.42 Å². The lowest BCUT2D eigenvalue weighted by atomic mass is 9.75. The van der Waals surface area contributed by atoms with Gasteiger partial charge in [-0.25, -0.2) is 0 Å². The summed E-state index contributed by atoms with van der Waals surface area (Å²) in [5.74, 6) is 0.767. The zero-order chi connectivity index (χ0) is 12.7. The second-order valence-electron chi connectivity index (χ2n) is 4.75. The number of aliphatic hydroxyl groups excluding tert-OH is 1. The fourth-order valence-corrected chi connectivity index (χ4v) is 2.27. The first-order valence-electron chi connectivity index (χ1n) is 5.65. The van der Waals surface area contributed by atoms with Crippen molar-refractivity contribution in [2.75, 3.05) is 0 Å². The van der Waals surface area contributed by atoms with Crippen LogP contribution in [0.1, 0.15) is 40.0 Å². The number of carbonyl (C=O) groups is 1. The normalized spacial score (nSPS) is 33.2. The van der Waals surface area contributed by atoms with Crippen LogP contribution in [0.5, 0.6) is 0 Å². The van der Waals surface area contributed by atoms with Gasteiger partial charge in [-0.1, -0.05) is 20.8 Å². The van der Waals surface area contributed by atoms with E-state index in [4.69, 9.17) is 10.4 Å². The van der Waals surface area contributed by atoms with Crippen LogP contribution in [0.25, 0.3) is 0 Å². The molecule has 1 aliphatic rings. The summed E-state index contributed by atoms with van der Waals surface area (Å²) in [6.45, 7) is 6.58. The van der Waals surface area contributed by atoms with Gasteiger partial charge >= 0.3 is 5.97 Å². The Kier molecular flexibility index (Phi) is 6.75. The molecule has 0 aromatic heterocycles. The van der Waals surface area contributed by atoms with Gasteiger partial charge < -0.3 is 10.2 Å². The Morgan fingerprint density at radius 2 is 1.75 bits per heavy atom. The summed E-state index contributed by atoms with van der Waals surface area (Å²) < 4.78 is 0. The summed E-state index contributed by atoms with van der Waals surface area (Å²) in [7, 11) is 0. The molecule has 0 radical (unpaired) electrons. The molecule has 1 rings (SSSR count). The van der Waals surface area contributed by atoms with Gasteiger partial charge in [0.15, 0.2) is 0 Å². The molecular weight excluding hydrogens is 206 g/mol. The van der Waals surface area contributed by atoms with Gasteiger partial charge in [-0.15, -0.1) is 0 Å². The van der Waals surface area contributed by atoms with Gasteiger partial charge in [0, 0.05) is 0 Å². The van der Waals surface area contributed by atoms with Crippen molar-refractivity contribution in [1.29, 1.82) is 5.26 Å². The van der Waals surface area contributed by atoms with Gasteiger partial charge in [-0.05, 0) is 30.6 Å². The van der Waals surface area contributed by atoms with Crippen molar-refractivity contribution in [1.82, 2.24) is 0 Å². The van der Waals surface area contributed by atoms with Crippen LogP contribution in [0.4, 0.5) is 0 Å². The Hall–Kier alpha value is -1.08. The molecule has 0 aromatic carbocycles. The van der Waals surface area contributed by atoms with Crippen LogP contribution in [0.3, 0.4) is 0 Å². The van der Waals surface area contributed by atoms with E-state index >= 15 is 0 Å². The third-order valence-corrected chi connectivity index (χ3v) is 2.94. The Morgan fingerprint density at radius 1 is 1.31 bits per heavy atom. The highest BCUT2D eigenvalue weighted by atomic mass is 16.4. The zero-order valence-corrected chi connectivity index (χ0v) is 10.2. The third-order valence-electron chi connectivity index (χ3n) is 2.94. The first kappa shape index (κ1) is 14.9. The first-order chi connectivity index (χ1) is 7.38. The summed E-state index contributed by atoms with van der Waals surface area (Å²) in [4.78, 5) is 9.38. The Labute approximate surface area is 96.9 Å². The molecule has 0 saturated heterocycles. The minimum absolute atomic E-state index is 0.0452. The fraction of sp³-hybridized carbons (Fsp3) is 0.833. The molecule has 4 heteroatoms.